The molecule has 0 saturated heterocycles. The van der Waals surface area contributed by atoms with Gasteiger partial charge in [-0.25, -0.2) is 9.59 Å². The van der Waals surface area contributed by atoms with Crippen LogP contribution in [0.5, 0.6) is 0 Å². The zero-order valence-corrected chi connectivity index (χ0v) is 17.4. The molecule has 6 heteroatoms. The lowest BCUT2D eigenvalue weighted by Gasteiger charge is -2.25. The normalized spacial score (nSPS) is 14.5. The van der Waals surface area contributed by atoms with Crippen molar-refractivity contribution in [3.05, 3.63) is 64.0 Å². The van der Waals surface area contributed by atoms with E-state index >= 15 is 0 Å². The fourth-order valence-electron chi connectivity index (χ4n) is 4.02. The molecule has 6 nitrogen and oxygen atoms in total. The van der Waals surface area contributed by atoms with E-state index in [1.807, 2.05) is 50.2 Å². The van der Waals surface area contributed by atoms with Crippen molar-refractivity contribution in [1.82, 2.24) is 0 Å². The van der Waals surface area contributed by atoms with Gasteiger partial charge in [0.15, 0.2) is 5.69 Å². The lowest BCUT2D eigenvalue weighted by Crippen LogP contribution is -2.28. The van der Waals surface area contributed by atoms with Crippen LogP contribution < -0.4 is 21.6 Å². The molecule has 4 rings (SSSR count). The van der Waals surface area contributed by atoms with E-state index < -0.39 is 11.7 Å². The van der Waals surface area contributed by atoms with Crippen LogP contribution in [0.2, 0.25) is 0 Å². The third kappa shape index (κ3) is 4.17. The topological polar surface area (TPSA) is 83.4 Å². The number of benzene rings is 2. The minimum atomic E-state index is -0.567. The Morgan fingerprint density at radius 2 is 1.70 bits per heavy atom. The molecule has 3 N–H and O–H groups in total. The Morgan fingerprint density at radius 3 is 2.50 bits per heavy atom. The second-order valence-electron chi connectivity index (χ2n) is 7.94. The lowest BCUT2D eigenvalue weighted by atomic mass is 9.95. The molecule has 1 heterocycles. The number of rotatable bonds is 4. The average molecular weight is 405 g/mol. The van der Waals surface area contributed by atoms with Gasteiger partial charge in [-0.2, -0.15) is 0 Å². The molecule has 0 unspecified atom stereocenters. The second-order valence-corrected chi connectivity index (χ2v) is 7.94. The van der Waals surface area contributed by atoms with Crippen LogP contribution >= 0.6 is 0 Å². The van der Waals surface area contributed by atoms with E-state index in [0.29, 0.717) is 17.0 Å². The van der Waals surface area contributed by atoms with Crippen molar-refractivity contribution in [2.24, 2.45) is 0 Å². The van der Waals surface area contributed by atoms with Crippen molar-refractivity contribution in [3.63, 3.8) is 0 Å². The number of nitrogens with one attached hydrogen (secondary N) is 3. The van der Waals surface area contributed by atoms with E-state index in [9.17, 15) is 9.59 Å². The Kier molecular flexibility index (Phi) is 5.74. The third-order valence-electron chi connectivity index (χ3n) is 5.86. The highest BCUT2D eigenvalue weighted by atomic mass is 16.4. The molecule has 1 saturated carbocycles. The summed E-state index contributed by atoms with van der Waals surface area (Å²) in [6.45, 7) is 3.94. The minimum Gasteiger partial charge on any atom is -0.421 e. The Bertz CT molecular complexity index is 1130. The summed E-state index contributed by atoms with van der Waals surface area (Å²) < 4.78 is 5.48. The molecule has 2 amide bonds. The highest BCUT2D eigenvalue weighted by molar-refractivity contribution is 6.06. The first kappa shape index (κ1) is 20.0. The molecular weight excluding hydrogens is 378 g/mol. The van der Waals surface area contributed by atoms with Gasteiger partial charge in [0.05, 0.1) is 5.69 Å². The van der Waals surface area contributed by atoms with Gasteiger partial charge in [-0.15, -0.1) is 0 Å². The first-order valence-corrected chi connectivity index (χ1v) is 10.5. The zero-order valence-electron chi connectivity index (χ0n) is 17.4. The van der Waals surface area contributed by atoms with E-state index in [0.717, 1.165) is 42.2 Å². The van der Waals surface area contributed by atoms with Crippen LogP contribution in [0.25, 0.3) is 11.0 Å². The maximum atomic E-state index is 12.8. The van der Waals surface area contributed by atoms with Crippen molar-refractivity contribution >= 4 is 34.1 Å². The van der Waals surface area contributed by atoms with E-state index in [2.05, 4.69) is 16.0 Å². The second kappa shape index (κ2) is 8.61. The number of para-hydroxylation sites is 1. The summed E-state index contributed by atoms with van der Waals surface area (Å²) in [5.41, 5.74) is 3.48. The molecule has 1 aliphatic rings. The molecular formula is C24H27N3O3. The number of aryl methyl sites for hydroxylation is 1. The minimum absolute atomic E-state index is 0.141. The number of fused-ring (bicyclic) bond motifs is 1. The van der Waals surface area contributed by atoms with Crippen LogP contribution in [0.15, 0.2) is 51.7 Å². The monoisotopic (exact) mass is 405 g/mol. The highest BCUT2D eigenvalue weighted by Gasteiger charge is 2.21. The first-order valence-electron chi connectivity index (χ1n) is 10.5. The average Bonchev–Trinajstić information content (AvgIpc) is 2.74. The summed E-state index contributed by atoms with van der Waals surface area (Å²) >= 11 is 0. The van der Waals surface area contributed by atoms with Crippen molar-refractivity contribution in [2.75, 3.05) is 16.0 Å². The van der Waals surface area contributed by atoms with Crippen LogP contribution in [-0.2, 0) is 0 Å². The Hall–Kier alpha value is -3.28. The summed E-state index contributed by atoms with van der Waals surface area (Å²) in [4.78, 5) is 25.5. The van der Waals surface area contributed by atoms with Crippen LogP contribution in [0.3, 0.4) is 0 Å². The van der Waals surface area contributed by atoms with Gasteiger partial charge < -0.3 is 15.1 Å². The number of urea groups is 1. The Labute approximate surface area is 175 Å². The van der Waals surface area contributed by atoms with Crippen LogP contribution in [0.1, 0.15) is 43.2 Å². The molecule has 0 bridgehead atoms. The third-order valence-corrected chi connectivity index (χ3v) is 5.86. The Balaban J connectivity index is 1.67. The van der Waals surface area contributed by atoms with Gasteiger partial charge in [0.2, 0.25) is 0 Å². The number of amides is 2. The highest BCUT2D eigenvalue weighted by Crippen LogP contribution is 2.32. The van der Waals surface area contributed by atoms with Gasteiger partial charge in [-0.3, -0.25) is 5.32 Å². The number of carbonyl (C=O) groups is 1. The van der Waals surface area contributed by atoms with Gasteiger partial charge in [-0.1, -0.05) is 43.5 Å². The fraction of sp³-hybridized carbons (Fsp3) is 0.333. The van der Waals surface area contributed by atoms with Crippen LogP contribution in [0, 0.1) is 13.8 Å². The first-order chi connectivity index (χ1) is 14.5. The summed E-state index contributed by atoms with van der Waals surface area (Å²) in [5.74, 6) is 0. The summed E-state index contributed by atoms with van der Waals surface area (Å²) in [7, 11) is 0. The smallest absolute Gasteiger partial charge is 0.362 e. The summed E-state index contributed by atoms with van der Waals surface area (Å²) in [6.07, 6.45) is 5.64. The number of carbonyl (C=O) groups excluding carboxylic acids is 1. The quantitative estimate of drug-likeness (QED) is 0.479. The van der Waals surface area contributed by atoms with E-state index in [4.69, 9.17) is 4.42 Å². The van der Waals surface area contributed by atoms with Crippen molar-refractivity contribution in [3.8, 4) is 0 Å². The van der Waals surface area contributed by atoms with Crippen LogP contribution in [0.4, 0.5) is 21.9 Å². The zero-order chi connectivity index (χ0) is 21.1. The number of hydrogen-bond donors (Lipinski definition) is 3. The molecule has 156 valence electrons. The van der Waals surface area contributed by atoms with E-state index in [1.54, 1.807) is 6.07 Å². The fourth-order valence-corrected chi connectivity index (χ4v) is 4.02. The van der Waals surface area contributed by atoms with Crippen molar-refractivity contribution in [1.29, 1.82) is 0 Å². The summed E-state index contributed by atoms with van der Waals surface area (Å²) in [5, 5.41) is 9.89. The molecule has 3 aromatic rings. The number of hydrogen-bond acceptors (Lipinski definition) is 4. The van der Waals surface area contributed by atoms with Gasteiger partial charge in [0.25, 0.3) is 0 Å². The molecule has 2 aromatic carbocycles. The Morgan fingerprint density at radius 1 is 0.933 bits per heavy atom. The molecule has 1 aliphatic carbocycles. The molecule has 0 radical (unpaired) electrons. The molecule has 1 fully saturated rings. The number of anilines is 3. The van der Waals surface area contributed by atoms with E-state index in [1.165, 1.54) is 6.42 Å². The van der Waals surface area contributed by atoms with Crippen LogP contribution in [-0.4, -0.2) is 12.1 Å². The van der Waals surface area contributed by atoms with Gasteiger partial charge in [-0.05, 0) is 56.0 Å². The molecule has 0 spiro atoms. The summed E-state index contributed by atoms with van der Waals surface area (Å²) in [6, 6.07) is 12.9. The molecule has 0 aliphatic heterocycles. The van der Waals surface area contributed by atoms with Gasteiger partial charge >= 0.3 is 11.7 Å². The SMILES string of the molecule is Cc1cccc(NC(=O)Nc2c(NC3CCCCC3)c3ccccc3oc2=O)c1C. The van der Waals surface area contributed by atoms with Gasteiger partial charge in [0, 0.05) is 17.1 Å². The maximum absolute atomic E-state index is 12.8. The van der Waals surface area contributed by atoms with Gasteiger partial charge in [0.1, 0.15) is 5.58 Å². The molecule has 0 atom stereocenters. The predicted octanol–water partition coefficient (Wildman–Crippen LogP) is 5.80. The predicted molar refractivity (Wildman–Crippen MR) is 122 cm³/mol. The maximum Gasteiger partial charge on any atom is 0.362 e. The largest absolute Gasteiger partial charge is 0.421 e. The molecule has 30 heavy (non-hydrogen) atoms. The lowest BCUT2D eigenvalue weighted by molar-refractivity contribution is 0.262. The van der Waals surface area contributed by atoms with Crippen molar-refractivity contribution in [2.45, 2.75) is 52.0 Å². The standard InChI is InChI=1S/C24H27N3O3/c1-15-9-8-13-19(16(15)2)26-24(29)27-22-21(25-17-10-4-3-5-11-17)18-12-6-7-14-20(18)30-23(22)28/h6-9,12-14,17,25H,3-5,10-11H2,1-2H3,(H2,26,27,29). The van der Waals surface area contributed by atoms with E-state index in [-0.39, 0.29) is 11.7 Å². The van der Waals surface area contributed by atoms with Crippen molar-refractivity contribution < 1.29 is 9.21 Å². The molecule has 1 aromatic heterocycles.